The summed E-state index contributed by atoms with van der Waals surface area (Å²) < 4.78 is 0. The van der Waals surface area contributed by atoms with E-state index in [1.807, 2.05) is 37.7 Å². The van der Waals surface area contributed by atoms with Crippen molar-refractivity contribution in [3.63, 3.8) is 0 Å². The Bertz CT molecular complexity index is 325. The second-order valence-electron chi connectivity index (χ2n) is 3.95. The second kappa shape index (κ2) is 3.03. The summed E-state index contributed by atoms with van der Waals surface area (Å²) >= 11 is 1.86. The first-order valence-corrected chi connectivity index (χ1v) is 5.55. The van der Waals surface area contributed by atoms with Gasteiger partial charge in [-0.25, -0.2) is 0 Å². The molecule has 0 atom stereocenters. The minimum atomic E-state index is -0.706. The smallest absolute Gasteiger partial charge is 0.0851 e. The van der Waals surface area contributed by atoms with Crippen molar-refractivity contribution in [3.05, 3.63) is 29.3 Å². The molecule has 2 heteroatoms. The molecule has 0 fully saturated rings. The first-order chi connectivity index (χ1) is 6.09. The zero-order valence-electron chi connectivity index (χ0n) is 8.00. The molecule has 0 bridgehead atoms. The minimum absolute atomic E-state index is 0.706. The molecule has 1 aromatic carbocycles. The van der Waals surface area contributed by atoms with Crippen molar-refractivity contribution < 1.29 is 5.11 Å². The van der Waals surface area contributed by atoms with Crippen molar-refractivity contribution in [2.45, 2.75) is 30.8 Å². The first-order valence-electron chi connectivity index (χ1n) is 4.56. The number of fused-ring (bicyclic) bond motifs is 1. The number of hydrogen-bond acceptors (Lipinski definition) is 2. The third kappa shape index (κ3) is 1.61. The van der Waals surface area contributed by atoms with Crippen LogP contribution in [0.15, 0.2) is 23.1 Å². The summed E-state index contributed by atoms with van der Waals surface area (Å²) in [5.74, 6) is 1.16. The van der Waals surface area contributed by atoms with E-state index in [0.29, 0.717) is 0 Å². The molecule has 0 saturated heterocycles. The molecule has 1 aliphatic heterocycles. The van der Waals surface area contributed by atoms with Crippen molar-refractivity contribution in [1.29, 1.82) is 0 Å². The maximum absolute atomic E-state index is 9.94. The average molecular weight is 194 g/mol. The average Bonchev–Trinajstić information content (AvgIpc) is 2.48. The molecule has 0 aliphatic carbocycles. The summed E-state index contributed by atoms with van der Waals surface area (Å²) in [6, 6.07) is 6.22. The Hall–Kier alpha value is -0.470. The fourth-order valence-electron chi connectivity index (χ4n) is 1.70. The lowest BCUT2D eigenvalue weighted by Crippen LogP contribution is -2.16. The van der Waals surface area contributed by atoms with E-state index in [4.69, 9.17) is 0 Å². The molecule has 2 rings (SSSR count). The topological polar surface area (TPSA) is 20.2 Å². The SMILES string of the molecule is CC(C)(O)c1cccc2c1SCC2. The van der Waals surface area contributed by atoms with Crippen molar-refractivity contribution in [2.24, 2.45) is 0 Å². The highest BCUT2D eigenvalue weighted by Gasteiger charge is 2.24. The van der Waals surface area contributed by atoms with Crippen LogP contribution >= 0.6 is 11.8 Å². The highest BCUT2D eigenvalue weighted by atomic mass is 32.2. The number of benzene rings is 1. The molecular weight excluding hydrogens is 180 g/mol. The normalized spacial score (nSPS) is 15.9. The molecule has 0 spiro atoms. The van der Waals surface area contributed by atoms with Crippen LogP contribution in [-0.2, 0) is 12.0 Å². The van der Waals surface area contributed by atoms with E-state index in [-0.39, 0.29) is 0 Å². The quantitative estimate of drug-likeness (QED) is 0.741. The monoisotopic (exact) mass is 194 g/mol. The summed E-state index contributed by atoms with van der Waals surface area (Å²) in [5, 5.41) is 9.94. The van der Waals surface area contributed by atoms with Crippen LogP contribution in [-0.4, -0.2) is 10.9 Å². The van der Waals surface area contributed by atoms with Gasteiger partial charge in [0.25, 0.3) is 0 Å². The number of hydrogen-bond donors (Lipinski definition) is 1. The molecule has 1 nitrogen and oxygen atoms in total. The molecule has 1 aromatic rings. The molecule has 1 aliphatic rings. The highest BCUT2D eigenvalue weighted by Crippen LogP contribution is 2.38. The zero-order valence-corrected chi connectivity index (χ0v) is 8.82. The Morgan fingerprint density at radius 2 is 2.15 bits per heavy atom. The van der Waals surface area contributed by atoms with Crippen molar-refractivity contribution >= 4 is 11.8 Å². The molecule has 1 N–H and O–H groups in total. The number of aliphatic hydroxyl groups is 1. The highest BCUT2D eigenvalue weighted by molar-refractivity contribution is 7.99. The third-order valence-electron chi connectivity index (χ3n) is 2.37. The van der Waals surface area contributed by atoms with Crippen LogP contribution in [0.1, 0.15) is 25.0 Å². The molecule has 70 valence electrons. The van der Waals surface area contributed by atoms with Crippen molar-refractivity contribution in [1.82, 2.24) is 0 Å². The lowest BCUT2D eigenvalue weighted by Gasteiger charge is -2.20. The Morgan fingerprint density at radius 1 is 1.38 bits per heavy atom. The van der Waals surface area contributed by atoms with Gasteiger partial charge in [0.1, 0.15) is 0 Å². The van der Waals surface area contributed by atoms with E-state index in [9.17, 15) is 5.11 Å². The van der Waals surface area contributed by atoms with E-state index < -0.39 is 5.60 Å². The summed E-state index contributed by atoms with van der Waals surface area (Å²) in [4.78, 5) is 1.30. The standard InChI is InChI=1S/C11H14OS/c1-11(2,12)9-5-3-4-8-6-7-13-10(8)9/h3-5,12H,6-7H2,1-2H3. The van der Waals surface area contributed by atoms with Gasteiger partial charge in [-0.1, -0.05) is 18.2 Å². The fraction of sp³-hybridized carbons (Fsp3) is 0.455. The van der Waals surface area contributed by atoms with Crippen LogP contribution in [0.5, 0.6) is 0 Å². The lowest BCUT2D eigenvalue weighted by molar-refractivity contribution is 0.0757. The summed E-state index contributed by atoms with van der Waals surface area (Å²) in [6.07, 6.45) is 1.14. The van der Waals surface area contributed by atoms with E-state index in [1.165, 1.54) is 10.5 Å². The molecular formula is C11H14OS. The predicted molar refractivity (Wildman–Crippen MR) is 56.1 cm³/mol. The van der Waals surface area contributed by atoms with Crippen LogP contribution in [0.4, 0.5) is 0 Å². The van der Waals surface area contributed by atoms with E-state index in [2.05, 4.69) is 6.07 Å². The van der Waals surface area contributed by atoms with Crippen LogP contribution in [0.25, 0.3) is 0 Å². The van der Waals surface area contributed by atoms with Crippen LogP contribution in [0.2, 0.25) is 0 Å². The van der Waals surface area contributed by atoms with Gasteiger partial charge in [-0.05, 0) is 31.4 Å². The molecule has 0 saturated carbocycles. The van der Waals surface area contributed by atoms with Crippen LogP contribution in [0.3, 0.4) is 0 Å². The minimum Gasteiger partial charge on any atom is -0.386 e. The third-order valence-corrected chi connectivity index (χ3v) is 3.55. The first kappa shape index (κ1) is 9.10. The van der Waals surface area contributed by atoms with Crippen molar-refractivity contribution in [2.75, 3.05) is 5.75 Å². The van der Waals surface area contributed by atoms with Gasteiger partial charge in [0.05, 0.1) is 5.60 Å². The Morgan fingerprint density at radius 3 is 2.85 bits per heavy atom. The number of thioether (sulfide) groups is 1. The summed E-state index contributed by atoms with van der Waals surface area (Å²) in [6.45, 7) is 3.70. The second-order valence-corrected chi connectivity index (χ2v) is 5.06. The van der Waals surface area contributed by atoms with Crippen LogP contribution in [0, 0.1) is 0 Å². The van der Waals surface area contributed by atoms with Gasteiger partial charge in [0, 0.05) is 10.6 Å². The Labute approximate surface area is 83.2 Å². The van der Waals surface area contributed by atoms with E-state index in [0.717, 1.165) is 17.7 Å². The van der Waals surface area contributed by atoms with Gasteiger partial charge in [-0.2, -0.15) is 0 Å². The van der Waals surface area contributed by atoms with E-state index >= 15 is 0 Å². The zero-order chi connectivity index (χ0) is 9.47. The van der Waals surface area contributed by atoms with Gasteiger partial charge in [0.2, 0.25) is 0 Å². The lowest BCUT2D eigenvalue weighted by atomic mass is 9.96. The Kier molecular flexibility index (Phi) is 2.12. The van der Waals surface area contributed by atoms with Gasteiger partial charge in [-0.15, -0.1) is 11.8 Å². The molecule has 0 aromatic heterocycles. The van der Waals surface area contributed by atoms with Gasteiger partial charge in [-0.3, -0.25) is 0 Å². The predicted octanol–water partition coefficient (Wildman–Crippen LogP) is 2.56. The molecule has 1 heterocycles. The van der Waals surface area contributed by atoms with Gasteiger partial charge < -0.3 is 5.11 Å². The molecule has 13 heavy (non-hydrogen) atoms. The largest absolute Gasteiger partial charge is 0.386 e. The van der Waals surface area contributed by atoms with Crippen molar-refractivity contribution in [3.8, 4) is 0 Å². The maximum atomic E-state index is 9.94. The number of aryl methyl sites for hydroxylation is 1. The molecule has 0 unspecified atom stereocenters. The maximum Gasteiger partial charge on any atom is 0.0851 e. The van der Waals surface area contributed by atoms with E-state index in [1.54, 1.807) is 0 Å². The van der Waals surface area contributed by atoms with Crippen LogP contribution < -0.4 is 0 Å². The summed E-state index contributed by atoms with van der Waals surface area (Å²) in [7, 11) is 0. The Balaban J connectivity index is 2.54. The molecule has 0 amide bonds. The fourth-order valence-corrected chi connectivity index (χ4v) is 3.05. The molecule has 0 radical (unpaired) electrons. The number of rotatable bonds is 1. The van der Waals surface area contributed by atoms with Gasteiger partial charge >= 0.3 is 0 Å². The summed E-state index contributed by atoms with van der Waals surface area (Å²) in [5.41, 5.74) is 1.76. The van der Waals surface area contributed by atoms with Gasteiger partial charge in [0.15, 0.2) is 0 Å².